The number of rotatable bonds is 4. The molecule has 5 heteroatoms. The summed E-state index contributed by atoms with van der Waals surface area (Å²) < 4.78 is 2.92. The highest BCUT2D eigenvalue weighted by Gasteiger charge is 2.14. The van der Waals surface area contributed by atoms with E-state index in [1.54, 1.807) is 0 Å². The Hall–Kier alpha value is -4.01. The van der Waals surface area contributed by atoms with Crippen LogP contribution in [0.3, 0.4) is 0 Å². The molecule has 0 N–H and O–H groups in total. The Bertz CT molecular complexity index is 1360. The second kappa shape index (κ2) is 7.78. The predicted octanol–water partition coefficient (Wildman–Crippen LogP) is 6.21. The standard InChI is InChI=1S/C25H16N4S/c26-16-19(25-27-22-13-7-8-14-23(22)30-25)15-20-17-29(21-11-5-2-6-12-21)28-24(20)18-9-3-1-4-10-18/h1-15,17H/b19-15-. The molecular weight excluding hydrogens is 388 g/mol. The van der Waals surface area contributed by atoms with Gasteiger partial charge in [0.1, 0.15) is 11.1 Å². The number of fused-ring (bicyclic) bond motifs is 1. The number of benzene rings is 3. The molecule has 0 aliphatic carbocycles. The molecule has 3 aromatic carbocycles. The molecule has 5 aromatic rings. The van der Waals surface area contributed by atoms with Gasteiger partial charge in [0.05, 0.1) is 27.2 Å². The molecule has 2 heterocycles. The molecule has 5 rings (SSSR count). The average Bonchev–Trinajstić information content (AvgIpc) is 3.43. The number of nitrogens with zero attached hydrogens (tertiary/aromatic N) is 4. The second-order valence-electron chi connectivity index (χ2n) is 6.74. The highest BCUT2D eigenvalue weighted by molar-refractivity contribution is 7.19. The molecule has 0 saturated heterocycles. The van der Waals surface area contributed by atoms with E-state index in [1.807, 2.05) is 102 Å². The summed E-state index contributed by atoms with van der Waals surface area (Å²) >= 11 is 1.52. The monoisotopic (exact) mass is 404 g/mol. The van der Waals surface area contributed by atoms with Gasteiger partial charge in [-0.2, -0.15) is 10.4 Å². The van der Waals surface area contributed by atoms with E-state index in [0.717, 1.165) is 32.7 Å². The number of nitriles is 1. The Kier molecular flexibility index (Phi) is 4.68. The zero-order valence-electron chi connectivity index (χ0n) is 15.9. The van der Waals surface area contributed by atoms with Gasteiger partial charge in [-0.3, -0.25) is 0 Å². The quantitative estimate of drug-likeness (QED) is 0.334. The third kappa shape index (κ3) is 3.41. The molecule has 30 heavy (non-hydrogen) atoms. The van der Waals surface area contributed by atoms with Crippen molar-refractivity contribution in [2.45, 2.75) is 0 Å². The van der Waals surface area contributed by atoms with Crippen LogP contribution in [0, 0.1) is 11.3 Å². The van der Waals surface area contributed by atoms with Crippen molar-refractivity contribution in [2.24, 2.45) is 0 Å². The zero-order valence-corrected chi connectivity index (χ0v) is 16.8. The lowest BCUT2D eigenvalue weighted by atomic mass is 10.1. The van der Waals surface area contributed by atoms with Crippen molar-refractivity contribution in [1.82, 2.24) is 14.8 Å². The molecular formula is C25H16N4S. The van der Waals surface area contributed by atoms with Gasteiger partial charge in [0, 0.05) is 17.3 Å². The number of hydrogen-bond acceptors (Lipinski definition) is 4. The van der Waals surface area contributed by atoms with Crippen LogP contribution in [0.15, 0.2) is 91.1 Å². The number of hydrogen-bond donors (Lipinski definition) is 0. The summed E-state index contributed by atoms with van der Waals surface area (Å²) in [5, 5.41) is 15.4. The molecule has 0 atom stereocenters. The van der Waals surface area contributed by atoms with Crippen molar-refractivity contribution < 1.29 is 0 Å². The highest BCUT2D eigenvalue weighted by atomic mass is 32.1. The maximum Gasteiger partial charge on any atom is 0.135 e. The van der Waals surface area contributed by atoms with Gasteiger partial charge in [-0.15, -0.1) is 11.3 Å². The van der Waals surface area contributed by atoms with E-state index in [-0.39, 0.29) is 0 Å². The molecule has 0 aliphatic heterocycles. The van der Waals surface area contributed by atoms with Crippen LogP contribution in [0.4, 0.5) is 0 Å². The van der Waals surface area contributed by atoms with Crippen molar-refractivity contribution in [1.29, 1.82) is 5.26 Å². The Morgan fingerprint density at radius 1 is 0.900 bits per heavy atom. The molecule has 0 fully saturated rings. The molecule has 4 nitrogen and oxygen atoms in total. The van der Waals surface area contributed by atoms with E-state index in [4.69, 9.17) is 5.10 Å². The van der Waals surface area contributed by atoms with Gasteiger partial charge in [-0.25, -0.2) is 9.67 Å². The van der Waals surface area contributed by atoms with Crippen LogP contribution in [-0.4, -0.2) is 14.8 Å². The van der Waals surface area contributed by atoms with Gasteiger partial charge in [0.2, 0.25) is 0 Å². The van der Waals surface area contributed by atoms with E-state index in [2.05, 4.69) is 11.1 Å². The van der Waals surface area contributed by atoms with E-state index in [0.29, 0.717) is 10.6 Å². The topological polar surface area (TPSA) is 54.5 Å². The smallest absolute Gasteiger partial charge is 0.135 e. The first-order valence-corrected chi connectivity index (χ1v) is 10.3. The van der Waals surface area contributed by atoms with Crippen LogP contribution < -0.4 is 0 Å². The summed E-state index contributed by atoms with van der Waals surface area (Å²) in [5.74, 6) is 0. The van der Waals surface area contributed by atoms with Crippen molar-refractivity contribution >= 4 is 33.2 Å². The molecule has 142 valence electrons. The van der Waals surface area contributed by atoms with E-state index < -0.39 is 0 Å². The summed E-state index contributed by atoms with van der Waals surface area (Å²) in [6, 6.07) is 30.2. The summed E-state index contributed by atoms with van der Waals surface area (Å²) in [6.07, 6.45) is 3.84. The lowest BCUT2D eigenvalue weighted by Gasteiger charge is -2.00. The van der Waals surface area contributed by atoms with Gasteiger partial charge < -0.3 is 0 Å². The summed E-state index contributed by atoms with van der Waals surface area (Å²) in [4.78, 5) is 4.65. The third-order valence-corrected chi connectivity index (χ3v) is 5.82. The van der Waals surface area contributed by atoms with E-state index >= 15 is 0 Å². The van der Waals surface area contributed by atoms with Crippen molar-refractivity contribution in [3.05, 3.63) is 102 Å². The fourth-order valence-corrected chi connectivity index (χ4v) is 4.24. The van der Waals surface area contributed by atoms with Crippen LogP contribution >= 0.6 is 11.3 Å². The van der Waals surface area contributed by atoms with Gasteiger partial charge in [0.15, 0.2) is 0 Å². The Morgan fingerprint density at radius 3 is 2.33 bits per heavy atom. The number of para-hydroxylation sites is 2. The Morgan fingerprint density at radius 2 is 1.60 bits per heavy atom. The Balaban J connectivity index is 1.66. The van der Waals surface area contributed by atoms with Gasteiger partial charge in [0.25, 0.3) is 0 Å². The second-order valence-corrected chi connectivity index (χ2v) is 7.77. The number of allylic oxidation sites excluding steroid dienone is 1. The highest BCUT2D eigenvalue weighted by Crippen LogP contribution is 2.31. The molecule has 0 unspecified atom stereocenters. The van der Waals surface area contributed by atoms with Crippen LogP contribution in [0.25, 0.3) is 38.8 Å². The molecule has 0 saturated carbocycles. The molecule has 0 spiro atoms. The maximum absolute atomic E-state index is 9.87. The Labute approximate surface area is 178 Å². The van der Waals surface area contributed by atoms with Gasteiger partial charge in [-0.1, -0.05) is 60.7 Å². The van der Waals surface area contributed by atoms with E-state index in [9.17, 15) is 5.26 Å². The minimum Gasteiger partial charge on any atom is -0.240 e. The minimum atomic E-state index is 0.529. The predicted molar refractivity (Wildman–Crippen MR) is 122 cm³/mol. The lowest BCUT2D eigenvalue weighted by molar-refractivity contribution is 0.884. The molecule has 0 amide bonds. The van der Waals surface area contributed by atoms with Crippen molar-refractivity contribution in [2.75, 3.05) is 0 Å². The van der Waals surface area contributed by atoms with Gasteiger partial charge in [-0.05, 0) is 30.3 Å². The maximum atomic E-state index is 9.87. The fraction of sp³-hybridized carbons (Fsp3) is 0. The van der Waals surface area contributed by atoms with Crippen LogP contribution in [0.5, 0.6) is 0 Å². The van der Waals surface area contributed by atoms with Gasteiger partial charge >= 0.3 is 0 Å². The molecule has 0 radical (unpaired) electrons. The van der Waals surface area contributed by atoms with Crippen LogP contribution in [-0.2, 0) is 0 Å². The largest absolute Gasteiger partial charge is 0.240 e. The number of thiazole rings is 1. The lowest BCUT2D eigenvalue weighted by Crippen LogP contribution is -1.93. The first-order valence-electron chi connectivity index (χ1n) is 9.50. The van der Waals surface area contributed by atoms with E-state index in [1.165, 1.54) is 11.3 Å². The SMILES string of the molecule is N#C/C(=C/c1cn(-c2ccccc2)nc1-c1ccccc1)c1nc2ccccc2s1. The number of aromatic nitrogens is 3. The minimum absolute atomic E-state index is 0.529. The first-order chi connectivity index (χ1) is 14.8. The van der Waals surface area contributed by atoms with Crippen molar-refractivity contribution in [3.8, 4) is 23.0 Å². The summed E-state index contributed by atoms with van der Waals surface area (Å²) in [6.45, 7) is 0. The first kappa shape index (κ1) is 18.0. The molecule has 0 bridgehead atoms. The average molecular weight is 404 g/mol. The molecule has 2 aromatic heterocycles. The molecule has 0 aliphatic rings. The van der Waals surface area contributed by atoms with Crippen LogP contribution in [0.1, 0.15) is 10.6 Å². The summed E-state index contributed by atoms with van der Waals surface area (Å²) in [7, 11) is 0. The third-order valence-electron chi connectivity index (χ3n) is 4.76. The zero-order chi connectivity index (χ0) is 20.3. The summed E-state index contributed by atoms with van der Waals surface area (Å²) in [5.41, 5.74) is 5.10. The van der Waals surface area contributed by atoms with Crippen LogP contribution in [0.2, 0.25) is 0 Å². The fourth-order valence-electron chi connectivity index (χ4n) is 3.31. The normalized spacial score (nSPS) is 11.5. The van der Waals surface area contributed by atoms with Crippen molar-refractivity contribution in [3.63, 3.8) is 0 Å².